The average molecular weight is 240 g/mol. The SMILES string of the molecule is CCNC(C)C(c1nc(CC)cs1)C(C)C. The molecular weight excluding hydrogens is 216 g/mol. The van der Waals surface area contributed by atoms with E-state index in [9.17, 15) is 0 Å². The van der Waals surface area contributed by atoms with Gasteiger partial charge in [-0.3, -0.25) is 0 Å². The first-order valence-corrected chi connectivity index (χ1v) is 7.15. The molecule has 16 heavy (non-hydrogen) atoms. The summed E-state index contributed by atoms with van der Waals surface area (Å²) in [6.07, 6.45) is 1.04. The molecule has 0 amide bonds. The number of likely N-dealkylation sites (N-methyl/N-ethyl adjacent to an activating group) is 1. The van der Waals surface area contributed by atoms with Crippen molar-refractivity contribution in [1.82, 2.24) is 10.3 Å². The third kappa shape index (κ3) is 3.29. The quantitative estimate of drug-likeness (QED) is 0.824. The van der Waals surface area contributed by atoms with Crippen molar-refractivity contribution < 1.29 is 0 Å². The molecule has 0 radical (unpaired) electrons. The van der Waals surface area contributed by atoms with Gasteiger partial charge in [-0.1, -0.05) is 27.7 Å². The summed E-state index contributed by atoms with van der Waals surface area (Å²) in [5.74, 6) is 1.16. The summed E-state index contributed by atoms with van der Waals surface area (Å²) in [6.45, 7) is 12.2. The van der Waals surface area contributed by atoms with Crippen LogP contribution in [-0.4, -0.2) is 17.6 Å². The van der Waals surface area contributed by atoms with Crippen molar-refractivity contribution in [2.45, 2.75) is 53.0 Å². The van der Waals surface area contributed by atoms with Gasteiger partial charge in [0, 0.05) is 17.3 Å². The first-order valence-electron chi connectivity index (χ1n) is 6.27. The summed E-state index contributed by atoms with van der Waals surface area (Å²) in [5.41, 5.74) is 1.23. The Morgan fingerprint density at radius 3 is 2.44 bits per heavy atom. The topological polar surface area (TPSA) is 24.9 Å². The smallest absolute Gasteiger partial charge is 0.0977 e. The van der Waals surface area contributed by atoms with E-state index in [-0.39, 0.29) is 0 Å². The lowest BCUT2D eigenvalue weighted by molar-refractivity contribution is 0.381. The van der Waals surface area contributed by atoms with Gasteiger partial charge < -0.3 is 5.32 Å². The van der Waals surface area contributed by atoms with Crippen LogP contribution in [0.15, 0.2) is 5.38 Å². The normalized spacial score (nSPS) is 15.4. The highest BCUT2D eigenvalue weighted by molar-refractivity contribution is 7.09. The standard InChI is InChI=1S/C13H24N2S/c1-6-11-8-16-13(15-11)12(9(3)4)10(5)14-7-2/h8-10,12,14H,6-7H2,1-5H3. The van der Waals surface area contributed by atoms with E-state index in [0.29, 0.717) is 17.9 Å². The van der Waals surface area contributed by atoms with E-state index in [1.54, 1.807) is 0 Å². The largest absolute Gasteiger partial charge is 0.314 e. The van der Waals surface area contributed by atoms with Crippen molar-refractivity contribution in [3.05, 3.63) is 16.1 Å². The number of rotatable bonds is 6. The molecule has 0 aliphatic rings. The van der Waals surface area contributed by atoms with E-state index in [0.717, 1.165) is 13.0 Å². The van der Waals surface area contributed by atoms with Crippen molar-refractivity contribution in [3.63, 3.8) is 0 Å². The highest BCUT2D eigenvalue weighted by Gasteiger charge is 2.24. The molecule has 0 bridgehead atoms. The molecule has 92 valence electrons. The van der Waals surface area contributed by atoms with Crippen LogP contribution in [0.3, 0.4) is 0 Å². The average Bonchev–Trinajstić information content (AvgIpc) is 2.66. The minimum atomic E-state index is 0.501. The van der Waals surface area contributed by atoms with Crippen molar-refractivity contribution in [1.29, 1.82) is 0 Å². The second kappa shape index (κ2) is 6.36. The van der Waals surface area contributed by atoms with Gasteiger partial charge in [0.15, 0.2) is 0 Å². The minimum Gasteiger partial charge on any atom is -0.314 e. The van der Waals surface area contributed by atoms with E-state index < -0.39 is 0 Å². The summed E-state index contributed by atoms with van der Waals surface area (Å²) in [7, 11) is 0. The summed E-state index contributed by atoms with van der Waals surface area (Å²) in [4.78, 5) is 4.73. The fourth-order valence-corrected chi connectivity index (χ4v) is 3.44. The summed E-state index contributed by atoms with van der Waals surface area (Å²) in [6, 6.07) is 0.501. The first-order chi connectivity index (χ1) is 7.60. The van der Waals surface area contributed by atoms with Crippen LogP contribution >= 0.6 is 11.3 Å². The van der Waals surface area contributed by atoms with Gasteiger partial charge in [-0.25, -0.2) is 4.98 Å². The third-order valence-corrected chi connectivity index (χ3v) is 3.99. The predicted octanol–water partition coefficient (Wildman–Crippen LogP) is 3.44. The van der Waals surface area contributed by atoms with E-state index in [1.807, 2.05) is 11.3 Å². The number of hydrogen-bond acceptors (Lipinski definition) is 3. The summed E-state index contributed by atoms with van der Waals surface area (Å²) >= 11 is 1.81. The van der Waals surface area contributed by atoms with Crippen molar-refractivity contribution in [2.75, 3.05) is 6.54 Å². The number of nitrogens with one attached hydrogen (secondary N) is 1. The maximum Gasteiger partial charge on any atom is 0.0977 e. The van der Waals surface area contributed by atoms with Gasteiger partial charge in [0.1, 0.15) is 0 Å². The Bertz CT molecular complexity index is 307. The molecule has 0 aromatic carbocycles. The minimum absolute atomic E-state index is 0.501. The summed E-state index contributed by atoms with van der Waals surface area (Å²) in [5, 5.41) is 7.01. The predicted molar refractivity (Wildman–Crippen MR) is 72.2 cm³/mol. The maximum absolute atomic E-state index is 4.73. The molecule has 1 rings (SSSR count). The van der Waals surface area contributed by atoms with E-state index >= 15 is 0 Å². The van der Waals surface area contributed by atoms with Crippen LogP contribution in [0.5, 0.6) is 0 Å². The van der Waals surface area contributed by atoms with Crippen LogP contribution in [0.4, 0.5) is 0 Å². The zero-order chi connectivity index (χ0) is 12.1. The number of hydrogen-bond donors (Lipinski definition) is 1. The zero-order valence-electron chi connectivity index (χ0n) is 11.1. The fourth-order valence-electron chi connectivity index (χ4n) is 2.16. The molecule has 0 saturated heterocycles. The Balaban J connectivity index is 2.84. The molecule has 3 heteroatoms. The van der Waals surface area contributed by atoms with Gasteiger partial charge in [-0.05, 0) is 25.8 Å². The van der Waals surface area contributed by atoms with Crippen molar-refractivity contribution >= 4 is 11.3 Å². The lowest BCUT2D eigenvalue weighted by Crippen LogP contribution is -2.34. The lowest BCUT2D eigenvalue weighted by Gasteiger charge is -2.26. The number of aromatic nitrogens is 1. The molecule has 0 aliphatic carbocycles. The third-order valence-electron chi connectivity index (χ3n) is 3.00. The molecule has 1 N–H and O–H groups in total. The second-order valence-corrected chi connectivity index (χ2v) is 5.54. The lowest BCUT2D eigenvalue weighted by atomic mass is 9.90. The van der Waals surface area contributed by atoms with Gasteiger partial charge in [0.2, 0.25) is 0 Å². The molecule has 0 aliphatic heterocycles. The number of nitrogens with zero attached hydrogens (tertiary/aromatic N) is 1. The zero-order valence-corrected chi connectivity index (χ0v) is 11.9. The molecule has 0 fully saturated rings. The number of aryl methyl sites for hydroxylation is 1. The molecule has 0 saturated carbocycles. The van der Waals surface area contributed by atoms with Crippen LogP contribution < -0.4 is 5.32 Å². The molecule has 1 aromatic heterocycles. The van der Waals surface area contributed by atoms with E-state index in [1.165, 1.54) is 10.7 Å². The number of thiazole rings is 1. The molecular formula is C13H24N2S. The van der Waals surface area contributed by atoms with E-state index in [2.05, 4.69) is 45.3 Å². The fraction of sp³-hybridized carbons (Fsp3) is 0.769. The molecule has 2 atom stereocenters. The summed E-state index contributed by atoms with van der Waals surface area (Å²) < 4.78 is 0. The highest BCUT2D eigenvalue weighted by atomic mass is 32.1. The highest BCUT2D eigenvalue weighted by Crippen LogP contribution is 2.30. The van der Waals surface area contributed by atoms with Crippen LogP contribution in [0.25, 0.3) is 0 Å². The molecule has 2 unspecified atom stereocenters. The van der Waals surface area contributed by atoms with Gasteiger partial charge >= 0.3 is 0 Å². The Morgan fingerprint density at radius 2 is 2.00 bits per heavy atom. The monoisotopic (exact) mass is 240 g/mol. The van der Waals surface area contributed by atoms with Crippen LogP contribution in [0, 0.1) is 5.92 Å². The Hall–Kier alpha value is -0.410. The molecule has 2 nitrogen and oxygen atoms in total. The van der Waals surface area contributed by atoms with E-state index in [4.69, 9.17) is 4.98 Å². The Morgan fingerprint density at radius 1 is 1.31 bits per heavy atom. The Kier molecular flexibility index (Phi) is 5.42. The van der Waals surface area contributed by atoms with Gasteiger partial charge in [-0.15, -0.1) is 11.3 Å². The first kappa shape index (κ1) is 13.7. The Labute approximate surface area is 103 Å². The van der Waals surface area contributed by atoms with Crippen LogP contribution in [0.2, 0.25) is 0 Å². The van der Waals surface area contributed by atoms with Crippen molar-refractivity contribution in [3.8, 4) is 0 Å². The van der Waals surface area contributed by atoms with Gasteiger partial charge in [0.25, 0.3) is 0 Å². The molecule has 1 aromatic rings. The van der Waals surface area contributed by atoms with Crippen LogP contribution in [0.1, 0.15) is 51.2 Å². The van der Waals surface area contributed by atoms with Crippen LogP contribution in [-0.2, 0) is 6.42 Å². The second-order valence-electron chi connectivity index (χ2n) is 4.65. The molecule has 1 heterocycles. The molecule has 0 spiro atoms. The maximum atomic E-state index is 4.73. The van der Waals surface area contributed by atoms with Gasteiger partial charge in [-0.2, -0.15) is 0 Å². The van der Waals surface area contributed by atoms with Gasteiger partial charge in [0.05, 0.1) is 10.7 Å². The van der Waals surface area contributed by atoms with Crippen molar-refractivity contribution in [2.24, 2.45) is 5.92 Å².